The Morgan fingerprint density at radius 2 is 1.92 bits per heavy atom. The number of likely N-dealkylation sites (tertiary alicyclic amines) is 1. The van der Waals surface area contributed by atoms with Gasteiger partial charge in [-0.3, -0.25) is 4.79 Å². The van der Waals surface area contributed by atoms with Crippen molar-refractivity contribution in [2.75, 3.05) is 26.2 Å². The third-order valence-corrected chi connectivity index (χ3v) is 4.98. The molecule has 1 heterocycles. The molecular weight excluding hydrogens is 319 g/mol. The van der Waals surface area contributed by atoms with Gasteiger partial charge in [-0.1, -0.05) is 26.0 Å². The van der Waals surface area contributed by atoms with E-state index in [1.54, 1.807) is 0 Å². The van der Waals surface area contributed by atoms with Gasteiger partial charge in [-0.2, -0.15) is 0 Å². The lowest BCUT2D eigenvalue weighted by atomic mass is 9.96. The topological polar surface area (TPSA) is 52.6 Å². The number of carbonyl (C=O) groups is 1. The molecule has 140 valence electrons. The van der Waals surface area contributed by atoms with Crippen LogP contribution < -0.4 is 5.32 Å². The molecule has 0 aliphatic carbocycles. The summed E-state index contributed by atoms with van der Waals surface area (Å²) in [7, 11) is 0. The van der Waals surface area contributed by atoms with Crippen LogP contribution in [0.3, 0.4) is 0 Å². The Balaban J connectivity index is 1.67. The number of rotatable bonds is 9. The highest BCUT2D eigenvalue weighted by Gasteiger charge is 2.23. The Hall–Kier alpha value is -1.46. The van der Waals surface area contributed by atoms with E-state index in [0.29, 0.717) is 18.5 Å². The Bertz CT molecular complexity index is 525. The van der Waals surface area contributed by atoms with Crippen molar-refractivity contribution in [2.45, 2.75) is 45.6 Å². The molecule has 1 saturated heterocycles. The number of nitrogens with zero attached hydrogens (tertiary/aromatic N) is 1. The molecule has 1 atom stereocenters. The molecule has 0 aromatic heterocycles. The second-order valence-electron chi connectivity index (χ2n) is 7.57. The minimum absolute atomic E-state index is 0.187. The van der Waals surface area contributed by atoms with Crippen molar-refractivity contribution >= 4 is 5.97 Å². The summed E-state index contributed by atoms with van der Waals surface area (Å²) in [6.07, 6.45) is 3.77. The first-order valence-corrected chi connectivity index (χ1v) is 9.37. The van der Waals surface area contributed by atoms with E-state index in [9.17, 15) is 14.3 Å². The molecule has 1 fully saturated rings. The second-order valence-corrected chi connectivity index (χ2v) is 7.57. The average molecular weight is 350 g/mol. The highest BCUT2D eigenvalue weighted by atomic mass is 19.1. The summed E-state index contributed by atoms with van der Waals surface area (Å²) in [4.78, 5) is 13.8. The zero-order valence-electron chi connectivity index (χ0n) is 15.4. The van der Waals surface area contributed by atoms with Gasteiger partial charge in [0.2, 0.25) is 0 Å². The van der Waals surface area contributed by atoms with Crippen LogP contribution in [0.2, 0.25) is 0 Å². The van der Waals surface area contributed by atoms with Gasteiger partial charge in [0.25, 0.3) is 0 Å². The Morgan fingerprint density at radius 1 is 1.28 bits per heavy atom. The van der Waals surface area contributed by atoms with E-state index in [2.05, 4.69) is 24.1 Å². The fraction of sp³-hybridized carbons (Fsp3) is 0.650. The van der Waals surface area contributed by atoms with Gasteiger partial charge in [-0.05, 0) is 62.4 Å². The van der Waals surface area contributed by atoms with Crippen LogP contribution in [0.5, 0.6) is 0 Å². The summed E-state index contributed by atoms with van der Waals surface area (Å²) in [6, 6.07) is 7.15. The third-order valence-electron chi connectivity index (χ3n) is 4.98. The molecule has 0 radical (unpaired) electrons. The Kier molecular flexibility index (Phi) is 7.85. The standard InChI is InChI=1S/C20H31FN2O2/c1-15(2)13-17(20(24)25)14-22-19-8-11-23(12-9-19)10-7-16-3-5-18(21)6-4-16/h3-6,15,17,19,22H,7-14H2,1-2H3,(H,24,25). The molecule has 0 amide bonds. The summed E-state index contributed by atoms with van der Waals surface area (Å²) in [6.45, 7) is 7.74. The first kappa shape index (κ1) is 19.9. The Labute approximate surface area is 150 Å². The molecule has 0 spiro atoms. The van der Waals surface area contributed by atoms with Gasteiger partial charge in [0.05, 0.1) is 5.92 Å². The van der Waals surface area contributed by atoms with E-state index >= 15 is 0 Å². The van der Waals surface area contributed by atoms with E-state index in [4.69, 9.17) is 0 Å². The largest absolute Gasteiger partial charge is 0.481 e. The molecule has 1 aliphatic rings. The number of hydrogen-bond acceptors (Lipinski definition) is 3. The van der Waals surface area contributed by atoms with Crippen molar-refractivity contribution in [1.82, 2.24) is 10.2 Å². The molecule has 2 N–H and O–H groups in total. The van der Waals surface area contributed by atoms with Crippen LogP contribution in [0.1, 0.15) is 38.7 Å². The van der Waals surface area contributed by atoms with Gasteiger partial charge >= 0.3 is 5.97 Å². The monoisotopic (exact) mass is 350 g/mol. The van der Waals surface area contributed by atoms with Gasteiger partial charge in [-0.25, -0.2) is 4.39 Å². The van der Waals surface area contributed by atoms with E-state index < -0.39 is 5.97 Å². The predicted molar refractivity (Wildman–Crippen MR) is 98.1 cm³/mol. The number of carboxylic acid groups (broad SMARTS) is 1. The molecular formula is C20H31FN2O2. The molecule has 0 saturated carbocycles. The van der Waals surface area contributed by atoms with Crippen LogP contribution in [0.4, 0.5) is 4.39 Å². The van der Waals surface area contributed by atoms with Gasteiger partial charge in [0, 0.05) is 19.1 Å². The van der Waals surface area contributed by atoms with Crippen molar-refractivity contribution in [3.05, 3.63) is 35.6 Å². The lowest BCUT2D eigenvalue weighted by Gasteiger charge is -2.33. The van der Waals surface area contributed by atoms with Crippen molar-refractivity contribution in [3.63, 3.8) is 0 Å². The number of halogens is 1. The van der Waals surface area contributed by atoms with E-state index in [0.717, 1.165) is 45.3 Å². The quantitative estimate of drug-likeness (QED) is 0.718. The van der Waals surface area contributed by atoms with Crippen LogP contribution in [-0.2, 0) is 11.2 Å². The predicted octanol–water partition coefficient (Wildman–Crippen LogP) is 3.17. The summed E-state index contributed by atoms with van der Waals surface area (Å²) >= 11 is 0. The third kappa shape index (κ3) is 7.12. The van der Waals surface area contributed by atoms with E-state index in [1.807, 2.05) is 12.1 Å². The molecule has 1 aromatic rings. The van der Waals surface area contributed by atoms with E-state index in [-0.39, 0.29) is 11.7 Å². The van der Waals surface area contributed by atoms with Gasteiger partial charge in [0.15, 0.2) is 0 Å². The maximum absolute atomic E-state index is 12.9. The SMILES string of the molecule is CC(C)CC(CNC1CCN(CCc2ccc(F)cc2)CC1)C(=O)O. The van der Waals surface area contributed by atoms with Crippen LogP contribution in [0.15, 0.2) is 24.3 Å². The second kappa shape index (κ2) is 9.88. The fourth-order valence-corrected chi connectivity index (χ4v) is 3.45. The first-order chi connectivity index (χ1) is 11.9. The van der Waals surface area contributed by atoms with E-state index in [1.165, 1.54) is 17.7 Å². The van der Waals surface area contributed by atoms with Gasteiger partial charge in [-0.15, -0.1) is 0 Å². The van der Waals surface area contributed by atoms with Crippen molar-refractivity contribution in [1.29, 1.82) is 0 Å². The van der Waals surface area contributed by atoms with Crippen molar-refractivity contribution < 1.29 is 14.3 Å². The van der Waals surface area contributed by atoms with Gasteiger partial charge in [0.1, 0.15) is 5.82 Å². The maximum Gasteiger partial charge on any atom is 0.307 e. The number of hydrogen-bond donors (Lipinski definition) is 2. The number of carboxylic acids is 1. The number of piperidine rings is 1. The summed E-state index contributed by atoms with van der Waals surface area (Å²) < 4.78 is 12.9. The molecule has 1 aliphatic heterocycles. The summed E-state index contributed by atoms with van der Waals surface area (Å²) in [5.41, 5.74) is 1.17. The zero-order chi connectivity index (χ0) is 18.2. The molecule has 4 nitrogen and oxygen atoms in total. The number of benzene rings is 1. The smallest absolute Gasteiger partial charge is 0.307 e. The molecule has 25 heavy (non-hydrogen) atoms. The Morgan fingerprint density at radius 3 is 2.48 bits per heavy atom. The van der Waals surface area contributed by atoms with Crippen LogP contribution in [-0.4, -0.2) is 48.2 Å². The lowest BCUT2D eigenvalue weighted by Crippen LogP contribution is -2.45. The minimum Gasteiger partial charge on any atom is -0.481 e. The number of aliphatic carboxylic acids is 1. The van der Waals surface area contributed by atoms with Crippen molar-refractivity contribution in [2.24, 2.45) is 11.8 Å². The molecule has 1 aromatic carbocycles. The summed E-state index contributed by atoms with van der Waals surface area (Å²) in [5.74, 6) is -0.779. The van der Waals surface area contributed by atoms with Crippen LogP contribution in [0.25, 0.3) is 0 Å². The summed E-state index contributed by atoms with van der Waals surface area (Å²) in [5, 5.41) is 12.8. The molecule has 5 heteroatoms. The molecule has 2 rings (SSSR count). The highest BCUT2D eigenvalue weighted by Crippen LogP contribution is 2.15. The van der Waals surface area contributed by atoms with Crippen LogP contribution >= 0.6 is 0 Å². The van der Waals surface area contributed by atoms with Crippen LogP contribution in [0, 0.1) is 17.7 Å². The lowest BCUT2D eigenvalue weighted by molar-refractivity contribution is -0.142. The molecule has 0 bridgehead atoms. The normalized spacial score (nSPS) is 17.8. The first-order valence-electron chi connectivity index (χ1n) is 9.37. The van der Waals surface area contributed by atoms with Crippen molar-refractivity contribution in [3.8, 4) is 0 Å². The highest BCUT2D eigenvalue weighted by molar-refractivity contribution is 5.70. The van der Waals surface area contributed by atoms with Gasteiger partial charge < -0.3 is 15.3 Å². The molecule has 1 unspecified atom stereocenters. The zero-order valence-corrected chi connectivity index (χ0v) is 15.4. The maximum atomic E-state index is 12.9. The minimum atomic E-state index is -0.696. The number of nitrogens with one attached hydrogen (secondary N) is 1. The fourth-order valence-electron chi connectivity index (χ4n) is 3.45. The average Bonchev–Trinajstić information content (AvgIpc) is 2.58.